The molecule has 0 radical (unpaired) electrons. The predicted molar refractivity (Wildman–Crippen MR) is 124 cm³/mol. The van der Waals surface area contributed by atoms with Gasteiger partial charge in [0.2, 0.25) is 0 Å². The second-order valence-electron chi connectivity index (χ2n) is 6.99. The largest absolute Gasteiger partial charge is 0.354 e. The normalized spacial score (nSPS) is 11.9. The highest BCUT2D eigenvalue weighted by Gasteiger charge is 2.16. The molecular weight excluding hydrogens is 392 g/mol. The number of fused-ring (bicyclic) bond motifs is 2. The third-order valence-electron chi connectivity index (χ3n) is 5.06. The summed E-state index contributed by atoms with van der Waals surface area (Å²) in [6, 6.07) is 30.3. The summed E-state index contributed by atoms with van der Waals surface area (Å²) in [6.07, 6.45) is 0. The van der Waals surface area contributed by atoms with E-state index in [0.717, 1.165) is 44.8 Å². The topological polar surface area (TPSA) is 42.2 Å². The van der Waals surface area contributed by atoms with Crippen molar-refractivity contribution < 1.29 is 0 Å². The molecule has 1 aliphatic carbocycles. The van der Waals surface area contributed by atoms with Gasteiger partial charge < -0.3 is 9.88 Å². The van der Waals surface area contributed by atoms with E-state index in [0.29, 0.717) is 5.02 Å². The Bertz CT molecular complexity index is 1380. The number of halogens is 1. The first-order valence-corrected chi connectivity index (χ1v) is 10.1. The van der Waals surface area contributed by atoms with Gasteiger partial charge in [-0.2, -0.15) is 0 Å². The monoisotopic (exact) mass is 410 g/mol. The van der Waals surface area contributed by atoms with Crippen LogP contribution in [0, 0.1) is 0 Å². The van der Waals surface area contributed by atoms with Crippen molar-refractivity contribution in [3.63, 3.8) is 0 Å². The highest BCUT2D eigenvalue weighted by atomic mass is 35.5. The quantitative estimate of drug-likeness (QED) is 0.367. The van der Waals surface area contributed by atoms with Crippen LogP contribution in [0.5, 0.6) is 0 Å². The lowest BCUT2D eigenvalue weighted by Crippen LogP contribution is -2.14. The summed E-state index contributed by atoms with van der Waals surface area (Å²) in [4.78, 5) is 9.44. The van der Waals surface area contributed by atoms with Crippen LogP contribution in [-0.4, -0.2) is 16.6 Å². The van der Waals surface area contributed by atoms with Crippen molar-refractivity contribution in [2.75, 3.05) is 12.4 Å². The maximum Gasteiger partial charge on any atom is 0.0900 e. The van der Waals surface area contributed by atoms with Gasteiger partial charge in [0.05, 0.1) is 33.5 Å². The minimum absolute atomic E-state index is 0.664. The van der Waals surface area contributed by atoms with Crippen molar-refractivity contribution in [3.8, 4) is 17.1 Å². The van der Waals surface area contributed by atoms with E-state index in [1.165, 1.54) is 0 Å². The lowest BCUT2D eigenvalue weighted by Gasteiger charge is -2.20. The fourth-order valence-electron chi connectivity index (χ4n) is 3.69. The van der Waals surface area contributed by atoms with Crippen molar-refractivity contribution in [2.24, 2.45) is 4.99 Å². The van der Waals surface area contributed by atoms with Gasteiger partial charge in [-0.15, -0.1) is 0 Å². The zero-order valence-corrected chi connectivity index (χ0v) is 17.1. The van der Waals surface area contributed by atoms with Crippen LogP contribution in [0.15, 0.2) is 96.0 Å². The average Bonchev–Trinajstić information content (AvgIpc) is 2.78. The van der Waals surface area contributed by atoms with Crippen LogP contribution in [0.3, 0.4) is 0 Å². The first-order valence-electron chi connectivity index (χ1n) is 9.69. The number of nitrogens with zero attached hydrogens (tertiary/aromatic N) is 3. The molecule has 0 atom stereocenters. The van der Waals surface area contributed by atoms with Gasteiger partial charge in [-0.1, -0.05) is 48.0 Å². The molecular formula is C25H19ClN4. The molecule has 0 aromatic heterocycles. The average molecular weight is 411 g/mol. The van der Waals surface area contributed by atoms with E-state index >= 15 is 0 Å². The molecule has 0 amide bonds. The molecule has 3 aromatic carbocycles. The summed E-state index contributed by atoms with van der Waals surface area (Å²) in [7, 11) is 1.80. The lowest BCUT2D eigenvalue weighted by atomic mass is 10.1. The molecule has 1 N–H and O–H groups in total. The Morgan fingerprint density at radius 1 is 0.867 bits per heavy atom. The molecule has 146 valence electrons. The van der Waals surface area contributed by atoms with E-state index in [1.54, 1.807) is 7.05 Å². The Morgan fingerprint density at radius 2 is 1.60 bits per heavy atom. The maximum atomic E-state index is 6.28. The zero-order chi connectivity index (χ0) is 20.5. The number of para-hydroxylation sites is 2. The van der Waals surface area contributed by atoms with Gasteiger partial charge in [0, 0.05) is 23.4 Å². The van der Waals surface area contributed by atoms with Gasteiger partial charge in [-0.25, -0.2) is 4.98 Å². The first-order chi connectivity index (χ1) is 14.7. The second kappa shape index (κ2) is 7.65. The number of hydrogen-bond acceptors (Lipinski definition) is 3. The molecule has 0 spiro atoms. The minimum atomic E-state index is 0.664. The van der Waals surface area contributed by atoms with Crippen LogP contribution >= 0.6 is 11.6 Å². The van der Waals surface area contributed by atoms with Crippen LogP contribution in [0.4, 0.5) is 11.4 Å². The molecule has 0 unspecified atom stereocenters. The SMILES string of the molecule is CN=c1cc2n(-c3ccccc3)c3ccc(Cl)cc3nc-2cc1Nc1ccccc1. The van der Waals surface area contributed by atoms with Gasteiger partial charge >= 0.3 is 0 Å². The summed E-state index contributed by atoms with van der Waals surface area (Å²) in [5.74, 6) is 0. The highest BCUT2D eigenvalue weighted by molar-refractivity contribution is 6.31. The Balaban J connectivity index is 1.83. The van der Waals surface area contributed by atoms with Crippen LogP contribution in [0.2, 0.25) is 5.02 Å². The van der Waals surface area contributed by atoms with E-state index in [-0.39, 0.29) is 0 Å². The maximum absolute atomic E-state index is 6.28. The summed E-state index contributed by atoms with van der Waals surface area (Å²) in [6.45, 7) is 0. The molecule has 1 aliphatic heterocycles. The molecule has 0 saturated carbocycles. The molecule has 5 heteroatoms. The third-order valence-corrected chi connectivity index (χ3v) is 5.30. The standard InChI is InChI=1S/C25H19ClN4/c1-27-20-16-25-23(15-21(20)28-18-8-4-2-5-9-18)29-22-14-17(26)12-13-24(22)30(25)19-10-6-3-7-11-19/h2-16,28H,1H3. The molecule has 3 aromatic rings. The van der Waals surface area contributed by atoms with Crippen LogP contribution < -0.4 is 10.7 Å². The summed E-state index contributed by atoms with van der Waals surface area (Å²) >= 11 is 6.28. The molecule has 0 fully saturated rings. The molecule has 30 heavy (non-hydrogen) atoms. The number of hydrogen-bond donors (Lipinski definition) is 1. The van der Waals surface area contributed by atoms with E-state index < -0.39 is 0 Å². The Morgan fingerprint density at radius 3 is 2.33 bits per heavy atom. The number of rotatable bonds is 3. The molecule has 4 nitrogen and oxygen atoms in total. The molecule has 0 bridgehead atoms. The molecule has 5 rings (SSSR count). The molecule has 2 aliphatic rings. The van der Waals surface area contributed by atoms with Gasteiger partial charge in [0.15, 0.2) is 0 Å². The van der Waals surface area contributed by atoms with Gasteiger partial charge in [0.1, 0.15) is 0 Å². The van der Waals surface area contributed by atoms with Crippen molar-refractivity contribution in [1.82, 2.24) is 9.55 Å². The van der Waals surface area contributed by atoms with Gasteiger partial charge in [-0.05, 0) is 54.6 Å². The Labute approximate surface area is 179 Å². The van der Waals surface area contributed by atoms with E-state index in [1.807, 2.05) is 72.8 Å². The number of nitrogens with one attached hydrogen (secondary N) is 1. The summed E-state index contributed by atoms with van der Waals surface area (Å²) < 4.78 is 2.20. The van der Waals surface area contributed by atoms with E-state index in [9.17, 15) is 0 Å². The fourth-order valence-corrected chi connectivity index (χ4v) is 3.85. The van der Waals surface area contributed by atoms with Crippen LogP contribution in [0.25, 0.3) is 28.1 Å². The van der Waals surface area contributed by atoms with Gasteiger partial charge in [0.25, 0.3) is 0 Å². The number of anilines is 2. The van der Waals surface area contributed by atoms with Crippen LogP contribution in [0.1, 0.15) is 0 Å². The number of benzene rings is 4. The smallest absolute Gasteiger partial charge is 0.0900 e. The van der Waals surface area contributed by atoms with Crippen molar-refractivity contribution >= 4 is 34.0 Å². The predicted octanol–water partition coefficient (Wildman–Crippen LogP) is 6.06. The first kappa shape index (κ1) is 18.4. The molecule has 0 saturated heterocycles. The Hall–Kier alpha value is -3.63. The van der Waals surface area contributed by atoms with Crippen molar-refractivity contribution in [3.05, 3.63) is 101 Å². The molecule has 1 heterocycles. The van der Waals surface area contributed by atoms with Crippen molar-refractivity contribution in [2.45, 2.75) is 0 Å². The lowest BCUT2D eigenvalue weighted by molar-refractivity contribution is 1.07. The summed E-state index contributed by atoms with van der Waals surface area (Å²) in [5.41, 5.74) is 6.64. The zero-order valence-electron chi connectivity index (χ0n) is 16.4. The van der Waals surface area contributed by atoms with Gasteiger partial charge in [-0.3, -0.25) is 4.99 Å². The fraction of sp³-hybridized carbons (Fsp3) is 0.0400. The van der Waals surface area contributed by atoms with E-state index in [4.69, 9.17) is 16.6 Å². The Kier molecular flexibility index (Phi) is 4.69. The number of aromatic nitrogens is 2. The third kappa shape index (κ3) is 3.31. The van der Waals surface area contributed by atoms with Crippen LogP contribution in [-0.2, 0) is 0 Å². The summed E-state index contributed by atoms with van der Waals surface area (Å²) in [5, 5.41) is 5.00. The van der Waals surface area contributed by atoms with Crippen molar-refractivity contribution in [1.29, 1.82) is 0 Å². The minimum Gasteiger partial charge on any atom is -0.354 e. The second-order valence-corrected chi connectivity index (χ2v) is 7.42. The highest BCUT2D eigenvalue weighted by Crippen LogP contribution is 2.31. The van der Waals surface area contributed by atoms with E-state index in [2.05, 4.69) is 33.1 Å².